The topological polar surface area (TPSA) is 99.0 Å². The highest BCUT2D eigenvalue weighted by molar-refractivity contribution is 5.95. The number of para-hydroxylation sites is 1. The first kappa shape index (κ1) is 23.5. The molecule has 2 aromatic rings. The Morgan fingerprint density at radius 2 is 1.74 bits per heavy atom. The van der Waals surface area contributed by atoms with Crippen LogP contribution in [0.2, 0.25) is 0 Å². The Kier molecular flexibility index (Phi) is 7.30. The van der Waals surface area contributed by atoms with Gasteiger partial charge in [0.15, 0.2) is 0 Å². The van der Waals surface area contributed by atoms with Crippen molar-refractivity contribution in [3.63, 3.8) is 0 Å². The third-order valence-corrected chi connectivity index (χ3v) is 6.57. The van der Waals surface area contributed by atoms with Crippen LogP contribution in [0.5, 0.6) is 0 Å². The van der Waals surface area contributed by atoms with Crippen molar-refractivity contribution in [3.8, 4) is 0 Å². The second-order valence-corrected chi connectivity index (χ2v) is 8.81. The molecule has 0 atom stereocenters. The smallest absolute Gasteiger partial charge is 0.293 e. The van der Waals surface area contributed by atoms with Gasteiger partial charge in [-0.25, -0.2) is 0 Å². The van der Waals surface area contributed by atoms with E-state index in [1.165, 1.54) is 17.3 Å². The van der Waals surface area contributed by atoms with Crippen molar-refractivity contribution in [1.82, 2.24) is 10.2 Å². The molecule has 1 N–H and O–H groups in total. The van der Waals surface area contributed by atoms with Gasteiger partial charge in [0, 0.05) is 69.6 Å². The third-order valence-electron chi connectivity index (χ3n) is 6.57. The highest BCUT2D eigenvalue weighted by Gasteiger charge is 2.26. The van der Waals surface area contributed by atoms with Gasteiger partial charge in [0.2, 0.25) is 5.91 Å². The van der Waals surface area contributed by atoms with Crippen molar-refractivity contribution in [3.05, 3.63) is 63.7 Å². The van der Waals surface area contributed by atoms with Gasteiger partial charge in [-0.2, -0.15) is 0 Å². The molecular weight excluding hydrogens is 434 g/mol. The number of aryl methyl sites for hydroxylation is 1. The number of nitrogens with one attached hydrogen (secondary N) is 1. The van der Waals surface area contributed by atoms with E-state index in [-0.39, 0.29) is 23.1 Å². The lowest BCUT2D eigenvalue weighted by molar-refractivity contribution is -0.384. The minimum Gasteiger partial charge on any atom is -0.368 e. The largest absolute Gasteiger partial charge is 0.368 e. The summed E-state index contributed by atoms with van der Waals surface area (Å²) in [6.07, 6.45) is 2.15. The minimum absolute atomic E-state index is 0.0559. The summed E-state index contributed by atoms with van der Waals surface area (Å²) in [5.74, 6) is -0.177. The van der Waals surface area contributed by atoms with E-state index in [9.17, 15) is 19.7 Å². The second-order valence-electron chi connectivity index (χ2n) is 8.81. The molecule has 0 saturated carbocycles. The van der Waals surface area contributed by atoms with Crippen LogP contribution in [0, 0.1) is 17.0 Å². The summed E-state index contributed by atoms with van der Waals surface area (Å²) in [7, 11) is 0. The van der Waals surface area contributed by atoms with Crippen molar-refractivity contribution < 1.29 is 14.5 Å². The Morgan fingerprint density at radius 3 is 2.38 bits per heavy atom. The first-order valence-corrected chi connectivity index (χ1v) is 11.8. The molecule has 0 bridgehead atoms. The highest BCUT2D eigenvalue weighted by atomic mass is 16.6. The number of hydrogen-bond donors (Lipinski definition) is 1. The Labute approximate surface area is 199 Å². The predicted octanol–water partition coefficient (Wildman–Crippen LogP) is 2.97. The van der Waals surface area contributed by atoms with Gasteiger partial charge in [-0.3, -0.25) is 19.7 Å². The van der Waals surface area contributed by atoms with Gasteiger partial charge in [-0.05, 0) is 43.5 Å². The average Bonchev–Trinajstić information content (AvgIpc) is 3.26. The van der Waals surface area contributed by atoms with Crippen LogP contribution in [0.15, 0.2) is 42.5 Å². The normalized spacial score (nSPS) is 16.1. The molecule has 34 heavy (non-hydrogen) atoms. The van der Waals surface area contributed by atoms with Crippen LogP contribution in [0.1, 0.15) is 35.2 Å². The zero-order valence-electron chi connectivity index (χ0n) is 19.5. The molecule has 9 nitrogen and oxygen atoms in total. The Bertz CT molecular complexity index is 1070. The summed E-state index contributed by atoms with van der Waals surface area (Å²) >= 11 is 0. The molecule has 2 heterocycles. The molecule has 2 fully saturated rings. The number of carbonyl (C=O) groups is 2. The molecule has 2 aliphatic rings. The van der Waals surface area contributed by atoms with Crippen LogP contribution in [-0.2, 0) is 4.79 Å². The van der Waals surface area contributed by atoms with E-state index < -0.39 is 4.92 Å². The minimum atomic E-state index is -0.418. The summed E-state index contributed by atoms with van der Waals surface area (Å²) < 4.78 is 0. The number of nitro groups is 1. The fourth-order valence-corrected chi connectivity index (χ4v) is 4.70. The SMILES string of the molecule is Cc1ccccc1N1CCN(c2ccc(C(=O)NCCCN3CCCC3=O)cc2[N+](=O)[O-])CC1. The Morgan fingerprint density at radius 1 is 1.03 bits per heavy atom. The van der Waals surface area contributed by atoms with E-state index in [1.807, 2.05) is 21.9 Å². The second kappa shape index (κ2) is 10.5. The van der Waals surface area contributed by atoms with E-state index in [2.05, 4.69) is 29.3 Å². The zero-order valence-corrected chi connectivity index (χ0v) is 19.5. The number of amides is 2. The van der Waals surface area contributed by atoms with Gasteiger partial charge in [0.1, 0.15) is 5.69 Å². The van der Waals surface area contributed by atoms with Gasteiger partial charge >= 0.3 is 0 Å². The maximum absolute atomic E-state index is 12.6. The quantitative estimate of drug-likeness (QED) is 0.366. The van der Waals surface area contributed by atoms with Crippen molar-refractivity contribution in [2.24, 2.45) is 0 Å². The number of piperazine rings is 1. The molecule has 9 heteroatoms. The standard InChI is InChI=1S/C25H31N5O4/c1-19-6-2-3-7-21(19)27-14-16-28(17-15-27)22-10-9-20(18-23(22)30(33)34)25(32)26-11-5-13-29-12-4-8-24(29)31/h2-3,6-7,9-10,18H,4-5,8,11-17H2,1H3,(H,26,32). The molecule has 4 rings (SSSR count). The molecule has 0 aromatic heterocycles. The zero-order chi connectivity index (χ0) is 24.1. The summed E-state index contributed by atoms with van der Waals surface area (Å²) in [4.78, 5) is 41.7. The van der Waals surface area contributed by atoms with Crippen LogP contribution in [-0.4, -0.2) is 67.5 Å². The van der Waals surface area contributed by atoms with Crippen LogP contribution in [0.25, 0.3) is 0 Å². The third kappa shape index (κ3) is 5.30. The number of likely N-dealkylation sites (tertiary alicyclic amines) is 1. The summed E-state index contributed by atoms with van der Waals surface area (Å²) in [5, 5.41) is 14.6. The predicted molar refractivity (Wildman–Crippen MR) is 131 cm³/mol. The van der Waals surface area contributed by atoms with Crippen molar-refractivity contribution in [2.45, 2.75) is 26.2 Å². The lowest BCUT2D eigenvalue weighted by atomic mass is 10.1. The van der Waals surface area contributed by atoms with Crippen LogP contribution in [0.3, 0.4) is 0 Å². The van der Waals surface area contributed by atoms with Gasteiger partial charge in [-0.15, -0.1) is 0 Å². The van der Waals surface area contributed by atoms with E-state index >= 15 is 0 Å². The molecule has 2 aromatic carbocycles. The summed E-state index contributed by atoms with van der Waals surface area (Å²) in [5.41, 5.74) is 3.16. The molecule has 0 unspecified atom stereocenters. The van der Waals surface area contributed by atoms with E-state index in [1.54, 1.807) is 12.1 Å². The van der Waals surface area contributed by atoms with Gasteiger partial charge < -0.3 is 20.0 Å². The average molecular weight is 466 g/mol. The fourth-order valence-electron chi connectivity index (χ4n) is 4.70. The van der Waals surface area contributed by atoms with Gasteiger partial charge in [0.05, 0.1) is 4.92 Å². The monoisotopic (exact) mass is 465 g/mol. The molecule has 0 radical (unpaired) electrons. The molecule has 0 aliphatic carbocycles. The van der Waals surface area contributed by atoms with Crippen molar-refractivity contribution in [1.29, 1.82) is 0 Å². The Balaban J connectivity index is 1.36. The summed E-state index contributed by atoms with van der Waals surface area (Å²) in [6.45, 7) is 6.76. The molecule has 2 amide bonds. The lowest BCUT2D eigenvalue weighted by Gasteiger charge is -2.37. The van der Waals surface area contributed by atoms with Crippen molar-refractivity contribution >= 4 is 28.9 Å². The first-order valence-electron chi connectivity index (χ1n) is 11.8. The van der Waals surface area contributed by atoms with E-state index in [0.717, 1.165) is 26.1 Å². The first-order chi connectivity index (χ1) is 16.4. The molecular formula is C25H31N5O4. The molecule has 2 aliphatic heterocycles. The number of nitrogens with zero attached hydrogens (tertiary/aromatic N) is 4. The van der Waals surface area contributed by atoms with Crippen LogP contribution < -0.4 is 15.1 Å². The molecule has 2 saturated heterocycles. The van der Waals surface area contributed by atoms with E-state index in [0.29, 0.717) is 44.7 Å². The number of carbonyl (C=O) groups excluding carboxylic acids is 2. The van der Waals surface area contributed by atoms with Crippen LogP contribution >= 0.6 is 0 Å². The maximum Gasteiger partial charge on any atom is 0.293 e. The molecule has 0 spiro atoms. The van der Waals surface area contributed by atoms with Gasteiger partial charge in [0.25, 0.3) is 11.6 Å². The van der Waals surface area contributed by atoms with E-state index in [4.69, 9.17) is 0 Å². The highest BCUT2D eigenvalue weighted by Crippen LogP contribution is 2.31. The maximum atomic E-state index is 12.6. The summed E-state index contributed by atoms with van der Waals surface area (Å²) in [6, 6.07) is 12.9. The number of anilines is 2. The fraction of sp³-hybridized carbons (Fsp3) is 0.440. The van der Waals surface area contributed by atoms with Gasteiger partial charge in [-0.1, -0.05) is 18.2 Å². The Hall–Kier alpha value is -3.62. The number of benzene rings is 2. The number of nitro benzene ring substituents is 1. The number of rotatable bonds is 8. The van der Waals surface area contributed by atoms with Crippen LogP contribution in [0.4, 0.5) is 17.1 Å². The molecule has 180 valence electrons. The number of hydrogen-bond acceptors (Lipinski definition) is 6. The van der Waals surface area contributed by atoms with Crippen molar-refractivity contribution in [2.75, 3.05) is 55.6 Å². The lowest BCUT2D eigenvalue weighted by Crippen LogP contribution is -2.47.